The Morgan fingerprint density at radius 2 is 1.50 bits per heavy atom. The maximum Gasteiger partial charge on any atom is 0.266 e. The summed E-state index contributed by atoms with van der Waals surface area (Å²) in [5, 5.41) is 0. The first-order valence-electron chi connectivity index (χ1n) is 6.13. The first kappa shape index (κ1) is 11.0. The van der Waals surface area contributed by atoms with E-state index in [2.05, 4.69) is 0 Å². The zero-order valence-electron chi connectivity index (χ0n) is 10.3. The van der Waals surface area contributed by atoms with Crippen molar-refractivity contribution in [3.05, 3.63) is 53.6 Å². The summed E-state index contributed by atoms with van der Waals surface area (Å²) in [7, 11) is 0. The van der Waals surface area contributed by atoms with Crippen LogP contribution in [-0.4, -0.2) is 18.6 Å². The minimum Gasteiger partial charge on any atom is -0.454 e. The van der Waals surface area contributed by atoms with Crippen LogP contribution in [-0.2, 0) is 0 Å². The molecular formula is C15H9NO4. The first-order valence-corrected chi connectivity index (χ1v) is 6.13. The van der Waals surface area contributed by atoms with Gasteiger partial charge in [0.05, 0.1) is 16.8 Å². The van der Waals surface area contributed by atoms with Crippen LogP contribution in [0, 0.1) is 0 Å². The molecule has 2 amide bonds. The molecule has 98 valence electrons. The summed E-state index contributed by atoms with van der Waals surface area (Å²) in [5.74, 6) is 0.526. The molecule has 5 nitrogen and oxygen atoms in total. The molecule has 2 aromatic rings. The number of rotatable bonds is 1. The number of hydrogen-bond donors (Lipinski definition) is 0. The first-order chi connectivity index (χ1) is 9.75. The van der Waals surface area contributed by atoms with Crippen molar-refractivity contribution in [1.82, 2.24) is 0 Å². The lowest BCUT2D eigenvalue weighted by molar-refractivity contribution is 0.0926. The predicted molar refractivity (Wildman–Crippen MR) is 70.1 cm³/mol. The molecule has 2 aliphatic heterocycles. The third-order valence-corrected chi connectivity index (χ3v) is 3.41. The zero-order valence-corrected chi connectivity index (χ0v) is 10.3. The van der Waals surface area contributed by atoms with Gasteiger partial charge >= 0.3 is 0 Å². The van der Waals surface area contributed by atoms with Gasteiger partial charge in [0.15, 0.2) is 11.5 Å². The van der Waals surface area contributed by atoms with Crippen molar-refractivity contribution in [2.75, 3.05) is 11.7 Å². The number of benzene rings is 2. The zero-order chi connectivity index (χ0) is 13.7. The van der Waals surface area contributed by atoms with E-state index >= 15 is 0 Å². The van der Waals surface area contributed by atoms with E-state index in [0.717, 1.165) is 4.90 Å². The number of hydrogen-bond acceptors (Lipinski definition) is 4. The van der Waals surface area contributed by atoms with Gasteiger partial charge < -0.3 is 9.47 Å². The summed E-state index contributed by atoms with van der Waals surface area (Å²) in [6.45, 7) is 0.154. The van der Waals surface area contributed by atoms with E-state index in [1.807, 2.05) is 0 Å². The molecular weight excluding hydrogens is 258 g/mol. The van der Waals surface area contributed by atoms with Crippen molar-refractivity contribution in [3.63, 3.8) is 0 Å². The molecule has 0 N–H and O–H groups in total. The van der Waals surface area contributed by atoms with E-state index in [1.54, 1.807) is 42.5 Å². The van der Waals surface area contributed by atoms with E-state index in [-0.39, 0.29) is 18.6 Å². The molecule has 0 unspecified atom stereocenters. The Kier molecular flexibility index (Phi) is 2.12. The minimum atomic E-state index is -0.315. The van der Waals surface area contributed by atoms with E-state index in [9.17, 15) is 9.59 Å². The molecule has 0 saturated carbocycles. The van der Waals surface area contributed by atoms with Gasteiger partial charge in [-0.05, 0) is 24.3 Å². The molecule has 2 aliphatic rings. The molecule has 2 aromatic carbocycles. The lowest BCUT2D eigenvalue weighted by Crippen LogP contribution is -2.29. The highest BCUT2D eigenvalue weighted by atomic mass is 16.7. The molecule has 5 heteroatoms. The Bertz CT molecular complexity index is 718. The molecule has 0 fully saturated rings. The highest BCUT2D eigenvalue weighted by Crippen LogP contribution is 2.37. The van der Waals surface area contributed by atoms with Gasteiger partial charge in [0.25, 0.3) is 11.8 Å². The van der Waals surface area contributed by atoms with Crippen molar-refractivity contribution < 1.29 is 19.1 Å². The average Bonchev–Trinajstić information content (AvgIpc) is 3.03. The van der Waals surface area contributed by atoms with Crippen LogP contribution < -0.4 is 14.4 Å². The lowest BCUT2D eigenvalue weighted by atomic mass is 10.1. The molecule has 0 radical (unpaired) electrons. The van der Waals surface area contributed by atoms with Crippen LogP contribution in [0.4, 0.5) is 5.69 Å². The number of nitrogens with zero attached hydrogens (tertiary/aromatic N) is 1. The van der Waals surface area contributed by atoms with Crippen LogP contribution in [0.25, 0.3) is 0 Å². The molecule has 0 atom stereocenters. The normalized spacial score (nSPS) is 15.7. The molecule has 20 heavy (non-hydrogen) atoms. The van der Waals surface area contributed by atoms with Crippen molar-refractivity contribution >= 4 is 17.5 Å². The molecule has 0 saturated heterocycles. The summed E-state index contributed by atoms with van der Waals surface area (Å²) in [4.78, 5) is 25.8. The Morgan fingerprint density at radius 1 is 0.850 bits per heavy atom. The van der Waals surface area contributed by atoms with Crippen molar-refractivity contribution in [1.29, 1.82) is 0 Å². The quantitative estimate of drug-likeness (QED) is 0.743. The van der Waals surface area contributed by atoms with Crippen molar-refractivity contribution in [3.8, 4) is 11.5 Å². The van der Waals surface area contributed by atoms with Gasteiger partial charge in [-0.2, -0.15) is 0 Å². The number of fused-ring (bicyclic) bond motifs is 2. The van der Waals surface area contributed by atoms with E-state index in [1.165, 1.54) is 0 Å². The Balaban J connectivity index is 1.81. The number of imide groups is 1. The minimum absolute atomic E-state index is 0.154. The van der Waals surface area contributed by atoms with Crippen LogP contribution in [0.3, 0.4) is 0 Å². The third-order valence-electron chi connectivity index (χ3n) is 3.41. The highest BCUT2D eigenvalue weighted by molar-refractivity contribution is 6.34. The number of carbonyl (C=O) groups excluding carboxylic acids is 2. The third kappa shape index (κ3) is 1.37. The second-order valence-electron chi connectivity index (χ2n) is 4.53. The van der Waals surface area contributed by atoms with Crippen molar-refractivity contribution in [2.45, 2.75) is 0 Å². The average molecular weight is 267 g/mol. The number of ether oxygens (including phenoxy) is 2. The summed E-state index contributed by atoms with van der Waals surface area (Å²) >= 11 is 0. The van der Waals surface area contributed by atoms with Gasteiger partial charge in [-0.1, -0.05) is 12.1 Å². The number of anilines is 1. The molecule has 0 bridgehead atoms. The number of amides is 2. The van der Waals surface area contributed by atoms with E-state index < -0.39 is 0 Å². The van der Waals surface area contributed by atoms with Crippen LogP contribution >= 0.6 is 0 Å². The smallest absolute Gasteiger partial charge is 0.266 e. The van der Waals surface area contributed by atoms with Gasteiger partial charge in [-0.15, -0.1) is 0 Å². The fourth-order valence-corrected chi connectivity index (χ4v) is 2.45. The van der Waals surface area contributed by atoms with E-state index in [0.29, 0.717) is 28.3 Å². The largest absolute Gasteiger partial charge is 0.454 e. The summed E-state index contributed by atoms with van der Waals surface area (Å²) < 4.78 is 10.5. The molecule has 4 rings (SSSR count). The highest BCUT2D eigenvalue weighted by Gasteiger charge is 2.36. The Labute approximate surface area is 114 Å². The standard InChI is InChI=1S/C15H9NO4/c17-14-10-3-1-2-4-11(10)15(18)16(14)9-5-6-12-13(7-9)20-8-19-12/h1-7H,8H2. The number of carbonyl (C=O) groups is 2. The van der Waals surface area contributed by atoms with Gasteiger partial charge in [0.2, 0.25) is 6.79 Å². The molecule has 2 heterocycles. The second kappa shape index (κ2) is 3.84. The van der Waals surface area contributed by atoms with Crippen molar-refractivity contribution in [2.24, 2.45) is 0 Å². The topological polar surface area (TPSA) is 55.8 Å². The van der Waals surface area contributed by atoms with Crippen LogP contribution in [0.2, 0.25) is 0 Å². The van der Waals surface area contributed by atoms with Crippen LogP contribution in [0.1, 0.15) is 20.7 Å². The lowest BCUT2D eigenvalue weighted by Gasteiger charge is -2.14. The maximum atomic E-state index is 12.3. The summed E-state index contributed by atoms with van der Waals surface area (Å²) in [5.41, 5.74) is 1.34. The second-order valence-corrected chi connectivity index (χ2v) is 4.53. The van der Waals surface area contributed by atoms with Gasteiger partial charge in [-0.25, -0.2) is 4.90 Å². The Hall–Kier alpha value is -2.82. The predicted octanol–water partition coefficient (Wildman–Crippen LogP) is 2.22. The van der Waals surface area contributed by atoms with Crippen LogP contribution in [0.15, 0.2) is 42.5 Å². The fraction of sp³-hybridized carbons (Fsp3) is 0.0667. The van der Waals surface area contributed by atoms with Crippen LogP contribution in [0.5, 0.6) is 11.5 Å². The summed E-state index contributed by atoms with van der Waals surface area (Å²) in [6, 6.07) is 11.8. The maximum absolute atomic E-state index is 12.3. The van der Waals surface area contributed by atoms with Gasteiger partial charge in [0.1, 0.15) is 0 Å². The Morgan fingerprint density at radius 3 is 2.20 bits per heavy atom. The molecule has 0 aromatic heterocycles. The van der Waals surface area contributed by atoms with Gasteiger partial charge in [-0.3, -0.25) is 9.59 Å². The molecule has 0 spiro atoms. The van der Waals surface area contributed by atoms with E-state index in [4.69, 9.17) is 9.47 Å². The fourth-order valence-electron chi connectivity index (χ4n) is 2.45. The molecule has 0 aliphatic carbocycles. The summed E-state index contributed by atoms with van der Waals surface area (Å²) in [6.07, 6.45) is 0. The SMILES string of the molecule is O=C1c2ccccc2C(=O)N1c1ccc2c(c1)OCO2. The van der Waals surface area contributed by atoms with Gasteiger partial charge in [0, 0.05) is 6.07 Å². The monoisotopic (exact) mass is 267 g/mol.